The average molecular weight is 500 g/mol. The molecule has 0 saturated carbocycles. The van der Waals surface area contributed by atoms with Gasteiger partial charge in [-0.25, -0.2) is 14.2 Å². The fourth-order valence-electron chi connectivity index (χ4n) is 4.31. The lowest BCUT2D eigenvalue weighted by Gasteiger charge is -2.15. The Bertz CT molecular complexity index is 1210. The van der Waals surface area contributed by atoms with Crippen molar-refractivity contribution in [2.75, 3.05) is 5.75 Å². The number of carboxylic acids is 1. The van der Waals surface area contributed by atoms with Gasteiger partial charge in [-0.2, -0.15) is 12.6 Å². The van der Waals surface area contributed by atoms with E-state index in [4.69, 9.17) is 10.1 Å². The minimum Gasteiger partial charge on any atom is -0.478 e. The van der Waals surface area contributed by atoms with Crippen LogP contribution < -0.4 is 5.32 Å². The highest BCUT2D eigenvalue weighted by molar-refractivity contribution is 7.80. The van der Waals surface area contributed by atoms with Gasteiger partial charge >= 0.3 is 5.97 Å². The Kier molecular flexibility index (Phi) is 9.32. The summed E-state index contributed by atoms with van der Waals surface area (Å²) < 4.78 is 16.4. The zero-order chi connectivity index (χ0) is 25.5. The van der Waals surface area contributed by atoms with Crippen molar-refractivity contribution in [3.05, 3.63) is 64.2 Å². The number of carbonyl (C=O) groups is 2. The minimum atomic E-state index is -1.29. The van der Waals surface area contributed by atoms with Gasteiger partial charge in [0, 0.05) is 31.2 Å². The van der Waals surface area contributed by atoms with Gasteiger partial charge in [-0.05, 0) is 54.7 Å². The molecular weight excluding hydrogens is 465 g/mol. The molecule has 3 rings (SSSR count). The number of aromatic nitrogens is 2. The molecule has 0 aliphatic heterocycles. The summed E-state index contributed by atoms with van der Waals surface area (Å²) in [5.41, 5.74) is 4.08. The van der Waals surface area contributed by atoms with E-state index in [9.17, 15) is 14.0 Å². The summed E-state index contributed by atoms with van der Waals surface area (Å²) >= 11 is 4.35. The maximum Gasteiger partial charge on any atom is 0.338 e. The van der Waals surface area contributed by atoms with E-state index in [1.807, 2.05) is 19.1 Å². The summed E-state index contributed by atoms with van der Waals surface area (Å²) in [4.78, 5) is 28.7. The molecule has 1 heterocycles. The number of hydrogen-bond donors (Lipinski definition) is 3. The van der Waals surface area contributed by atoms with Gasteiger partial charge in [-0.1, -0.05) is 38.8 Å². The molecule has 3 aromatic rings. The smallest absolute Gasteiger partial charge is 0.338 e. The Hall–Kier alpha value is -2.87. The SMILES string of the molecule is CCCCC(CS)C(=O)NCc1cc(C)c2nc(CCC)n(Cc3ccc(C(=O)O)c(F)c3)c2c1. The summed E-state index contributed by atoms with van der Waals surface area (Å²) in [6.45, 7) is 6.96. The number of imidazole rings is 1. The van der Waals surface area contributed by atoms with Crippen molar-refractivity contribution < 1.29 is 19.1 Å². The van der Waals surface area contributed by atoms with E-state index in [1.54, 1.807) is 6.07 Å². The second kappa shape index (κ2) is 12.2. The molecule has 0 bridgehead atoms. The number of unbranched alkanes of at least 4 members (excludes halogenated alkanes) is 1. The molecule has 0 aliphatic carbocycles. The molecule has 0 saturated heterocycles. The number of thiol groups is 1. The molecule has 1 atom stereocenters. The lowest BCUT2D eigenvalue weighted by Crippen LogP contribution is -2.31. The zero-order valence-electron chi connectivity index (χ0n) is 20.6. The minimum absolute atomic E-state index is 0.0142. The van der Waals surface area contributed by atoms with Gasteiger partial charge < -0.3 is 15.0 Å². The predicted octanol–water partition coefficient (Wildman–Crippen LogP) is 5.54. The third kappa shape index (κ3) is 6.42. The van der Waals surface area contributed by atoms with Crippen molar-refractivity contribution in [1.82, 2.24) is 14.9 Å². The summed E-state index contributed by atoms with van der Waals surface area (Å²) in [7, 11) is 0. The van der Waals surface area contributed by atoms with Crippen LogP contribution in [0.2, 0.25) is 0 Å². The van der Waals surface area contributed by atoms with Crippen molar-refractivity contribution in [3.63, 3.8) is 0 Å². The summed E-state index contributed by atoms with van der Waals surface area (Å²) in [5, 5.41) is 12.2. The van der Waals surface area contributed by atoms with Crippen LogP contribution in [0.1, 0.15) is 72.4 Å². The molecule has 0 aliphatic rings. The van der Waals surface area contributed by atoms with Crippen LogP contribution in [0.15, 0.2) is 30.3 Å². The maximum atomic E-state index is 14.3. The van der Waals surface area contributed by atoms with Gasteiger partial charge in [0.05, 0.1) is 16.6 Å². The molecule has 2 aromatic carbocycles. The normalized spacial score (nSPS) is 12.1. The highest BCUT2D eigenvalue weighted by atomic mass is 32.1. The molecule has 1 unspecified atom stereocenters. The first-order valence-corrected chi connectivity index (χ1v) is 12.8. The van der Waals surface area contributed by atoms with Crippen LogP contribution in [0.4, 0.5) is 4.39 Å². The number of carboxylic acid groups (broad SMARTS) is 1. The third-order valence-corrected chi connectivity index (χ3v) is 6.67. The first-order chi connectivity index (χ1) is 16.8. The van der Waals surface area contributed by atoms with Crippen molar-refractivity contribution in [1.29, 1.82) is 0 Å². The highest BCUT2D eigenvalue weighted by Gasteiger charge is 2.18. The van der Waals surface area contributed by atoms with Crippen molar-refractivity contribution in [3.8, 4) is 0 Å². The Labute approximate surface area is 211 Å². The second-order valence-corrected chi connectivity index (χ2v) is 9.37. The van der Waals surface area contributed by atoms with Crippen molar-refractivity contribution in [2.45, 2.75) is 66.0 Å². The Balaban J connectivity index is 1.91. The number of amides is 1. The van der Waals surface area contributed by atoms with Crippen LogP contribution in [-0.2, 0) is 24.3 Å². The highest BCUT2D eigenvalue weighted by Crippen LogP contribution is 2.25. The Morgan fingerprint density at radius 1 is 1.17 bits per heavy atom. The molecular formula is C27H34FN3O3S. The van der Waals surface area contributed by atoms with E-state index in [2.05, 4.69) is 36.4 Å². The molecule has 1 amide bonds. The summed E-state index contributed by atoms with van der Waals surface area (Å²) in [6, 6.07) is 8.28. The van der Waals surface area contributed by atoms with Crippen molar-refractivity contribution in [2.24, 2.45) is 5.92 Å². The fraction of sp³-hybridized carbons (Fsp3) is 0.444. The third-order valence-electron chi connectivity index (χ3n) is 6.23. The molecule has 188 valence electrons. The van der Waals surface area contributed by atoms with E-state index in [-0.39, 0.29) is 17.4 Å². The molecule has 0 fully saturated rings. The van der Waals surface area contributed by atoms with E-state index >= 15 is 0 Å². The van der Waals surface area contributed by atoms with E-state index < -0.39 is 11.8 Å². The molecule has 2 N–H and O–H groups in total. The van der Waals surface area contributed by atoms with Crippen LogP contribution in [0.3, 0.4) is 0 Å². The Morgan fingerprint density at radius 2 is 1.94 bits per heavy atom. The number of nitrogens with zero attached hydrogens (tertiary/aromatic N) is 2. The van der Waals surface area contributed by atoms with E-state index in [0.29, 0.717) is 24.4 Å². The van der Waals surface area contributed by atoms with E-state index in [0.717, 1.165) is 60.1 Å². The van der Waals surface area contributed by atoms with Crippen LogP contribution in [0.5, 0.6) is 0 Å². The van der Waals surface area contributed by atoms with Gasteiger partial charge in [0.2, 0.25) is 5.91 Å². The average Bonchev–Trinajstić information content (AvgIpc) is 3.16. The molecule has 0 spiro atoms. The number of fused-ring (bicyclic) bond motifs is 1. The number of aryl methyl sites for hydroxylation is 2. The number of aromatic carboxylic acids is 1. The van der Waals surface area contributed by atoms with Gasteiger partial charge in [0.1, 0.15) is 11.6 Å². The standard InChI is InChI=1S/C27H34FN3O3S/c1-4-6-8-20(16-35)26(32)29-14-19-11-17(3)25-23(13-19)31(24(30-25)7-5-2)15-18-9-10-21(27(33)34)22(28)12-18/h9-13,20,35H,4-8,14-16H2,1-3H3,(H,29,32)(H,33,34). The van der Waals surface area contributed by atoms with Crippen LogP contribution in [-0.4, -0.2) is 32.3 Å². The number of hydrogen-bond acceptors (Lipinski definition) is 4. The molecule has 35 heavy (non-hydrogen) atoms. The van der Waals surface area contributed by atoms with Gasteiger partial charge in [-0.15, -0.1) is 0 Å². The van der Waals surface area contributed by atoms with Crippen LogP contribution >= 0.6 is 12.6 Å². The first kappa shape index (κ1) is 26.7. The predicted molar refractivity (Wildman–Crippen MR) is 140 cm³/mol. The summed E-state index contributed by atoms with van der Waals surface area (Å²) in [5.74, 6) is -0.712. The van der Waals surface area contributed by atoms with Crippen molar-refractivity contribution >= 4 is 35.5 Å². The topological polar surface area (TPSA) is 84.2 Å². The lowest BCUT2D eigenvalue weighted by atomic mass is 10.0. The van der Waals surface area contributed by atoms with Crippen LogP contribution in [0.25, 0.3) is 11.0 Å². The fourth-order valence-corrected chi connectivity index (χ4v) is 4.66. The molecule has 8 heteroatoms. The molecule has 0 radical (unpaired) electrons. The number of rotatable bonds is 12. The number of nitrogens with one attached hydrogen (secondary N) is 1. The largest absolute Gasteiger partial charge is 0.478 e. The molecule has 6 nitrogen and oxygen atoms in total. The maximum absolute atomic E-state index is 14.3. The first-order valence-electron chi connectivity index (χ1n) is 12.2. The number of carbonyl (C=O) groups excluding carboxylic acids is 1. The lowest BCUT2D eigenvalue weighted by molar-refractivity contribution is -0.124. The van der Waals surface area contributed by atoms with Gasteiger partial charge in [-0.3, -0.25) is 4.79 Å². The summed E-state index contributed by atoms with van der Waals surface area (Å²) in [6.07, 6.45) is 4.53. The van der Waals surface area contributed by atoms with Gasteiger partial charge in [0.25, 0.3) is 0 Å². The quantitative estimate of drug-likeness (QED) is 0.286. The zero-order valence-corrected chi connectivity index (χ0v) is 21.5. The number of halogens is 1. The monoisotopic (exact) mass is 499 g/mol. The van der Waals surface area contributed by atoms with Gasteiger partial charge in [0.15, 0.2) is 0 Å². The second-order valence-electron chi connectivity index (χ2n) is 9.00. The Morgan fingerprint density at radius 3 is 2.57 bits per heavy atom. The number of benzene rings is 2. The van der Waals surface area contributed by atoms with E-state index in [1.165, 1.54) is 12.1 Å². The van der Waals surface area contributed by atoms with Crippen LogP contribution in [0, 0.1) is 18.7 Å². The molecule has 1 aromatic heterocycles.